The quantitative estimate of drug-likeness (QED) is 0.683. The third-order valence-corrected chi connectivity index (χ3v) is 5.49. The van der Waals surface area contributed by atoms with E-state index in [0.29, 0.717) is 6.54 Å². The van der Waals surface area contributed by atoms with Crippen molar-refractivity contribution in [1.29, 1.82) is 0 Å². The Balaban J connectivity index is 1.52. The van der Waals surface area contributed by atoms with Gasteiger partial charge in [0.25, 0.3) is 0 Å². The van der Waals surface area contributed by atoms with E-state index in [2.05, 4.69) is 21.3 Å². The maximum atomic E-state index is 14.0. The van der Waals surface area contributed by atoms with Crippen molar-refractivity contribution in [2.45, 2.75) is 32.4 Å². The molecule has 2 aromatic heterocycles. The summed E-state index contributed by atoms with van der Waals surface area (Å²) in [4.78, 5) is 12.6. The van der Waals surface area contributed by atoms with E-state index >= 15 is 0 Å². The standard InChI is InChI=1S/C20H21FN4S/c1-14-12-22-20(26-14)24-19-10-4-8-17(23-19)18-9-5-11-25(18)13-15-6-2-3-7-16(15)21/h2-4,6-8,10,12,18H,5,9,11,13H2,1H3,(H,22,23,24)/t18-/m0/s1. The number of hydrogen-bond donors (Lipinski definition) is 1. The molecule has 1 atom stereocenters. The van der Waals surface area contributed by atoms with Crippen LogP contribution in [0.2, 0.25) is 0 Å². The second-order valence-electron chi connectivity index (χ2n) is 6.57. The minimum atomic E-state index is -0.138. The number of anilines is 2. The van der Waals surface area contributed by atoms with E-state index in [0.717, 1.165) is 46.5 Å². The Labute approximate surface area is 156 Å². The Morgan fingerprint density at radius 2 is 2.12 bits per heavy atom. The van der Waals surface area contributed by atoms with Crippen molar-refractivity contribution >= 4 is 22.3 Å². The van der Waals surface area contributed by atoms with E-state index in [1.807, 2.05) is 37.4 Å². The van der Waals surface area contributed by atoms with Crippen molar-refractivity contribution in [2.24, 2.45) is 0 Å². The van der Waals surface area contributed by atoms with Crippen LogP contribution < -0.4 is 5.32 Å². The molecule has 0 bridgehead atoms. The molecule has 4 rings (SSSR count). The Bertz CT molecular complexity index is 895. The SMILES string of the molecule is Cc1cnc(Nc2cccc([C@@H]3CCCN3Cc3ccccc3F)n2)s1. The van der Waals surface area contributed by atoms with Gasteiger partial charge in [0.1, 0.15) is 11.6 Å². The molecule has 1 N–H and O–H groups in total. The van der Waals surface area contributed by atoms with Crippen LogP contribution in [0.3, 0.4) is 0 Å². The molecule has 0 aliphatic carbocycles. The highest BCUT2D eigenvalue weighted by molar-refractivity contribution is 7.15. The minimum Gasteiger partial charge on any atom is -0.316 e. The number of benzene rings is 1. The summed E-state index contributed by atoms with van der Waals surface area (Å²) in [6, 6.07) is 13.3. The number of nitrogens with one attached hydrogen (secondary N) is 1. The van der Waals surface area contributed by atoms with Gasteiger partial charge in [-0.25, -0.2) is 14.4 Å². The number of nitrogens with zero attached hydrogens (tertiary/aromatic N) is 3. The molecule has 26 heavy (non-hydrogen) atoms. The predicted molar refractivity (Wildman–Crippen MR) is 103 cm³/mol. The first-order valence-electron chi connectivity index (χ1n) is 8.83. The van der Waals surface area contributed by atoms with Gasteiger partial charge < -0.3 is 5.32 Å². The Morgan fingerprint density at radius 1 is 1.23 bits per heavy atom. The third-order valence-electron chi connectivity index (χ3n) is 4.66. The van der Waals surface area contributed by atoms with Crippen molar-refractivity contribution in [3.63, 3.8) is 0 Å². The number of hydrogen-bond acceptors (Lipinski definition) is 5. The molecule has 0 saturated carbocycles. The summed E-state index contributed by atoms with van der Waals surface area (Å²) in [5, 5.41) is 4.13. The van der Waals surface area contributed by atoms with Crippen LogP contribution in [-0.2, 0) is 6.54 Å². The van der Waals surface area contributed by atoms with Crippen LogP contribution in [0.5, 0.6) is 0 Å². The van der Waals surface area contributed by atoms with Gasteiger partial charge in [0, 0.05) is 23.2 Å². The maximum absolute atomic E-state index is 14.0. The molecule has 4 nitrogen and oxygen atoms in total. The van der Waals surface area contributed by atoms with Crippen LogP contribution in [-0.4, -0.2) is 21.4 Å². The average Bonchev–Trinajstić information content (AvgIpc) is 3.26. The van der Waals surface area contributed by atoms with E-state index in [1.54, 1.807) is 17.4 Å². The number of rotatable bonds is 5. The monoisotopic (exact) mass is 368 g/mol. The predicted octanol–water partition coefficient (Wildman–Crippen LogP) is 5.07. The fraction of sp³-hybridized carbons (Fsp3) is 0.300. The molecule has 0 spiro atoms. The van der Waals surface area contributed by atoms with Gasteiger partial charge in [0.15, 0.2) is 5.13 Å². The normalized spacial score (nSPS) is 17.5. The molecule has 3 aromatic rings. The first-order valence-corrected chi connectivity index (χ1v) is 9.64. The molecule has 3 heterocycles. The molecular formula is C20H21FN4S. The lowest BCUT2D eigenvalue weighted by Gasteiger charge is -2.24. The van der Waals surface area contributed by atoms with Crippen molar-refractivity contribution in [3.8, 4) is 0 Å². The van der Waals surface area contributed by atoms with E-state index in [4.69, 9.17) is 4.98 Å². The summed E-state index contributed by atoms with van der Waals surface area (Å²) < 4.78 is 14.0. The zero-order valence-corrected chi connectivity index (χ0v) is 15.5. The van der Waals surface area contributed by atoms with Crippen LogP contribution in [0, 0.1) is 12.7 Å². The molecule has 1 aliphatic rings. The number of aryl methyl sites for hydroxylation is 1. The summed E-state index contributed by atoms with van der Waals surface area (Å²) in [5.41, 5.74) is 1.77. The van der Waals surface area contributed by atoms with Gasteiger partial charge in [-0.1, -0.05) is 24.3 Å². The lowest BCUT2D eigenvalue weighted by atomic mass is 10.1. The van der Waals surface area contributed by atoms with Gasteiger partial charge in [-0.15, -0.1) is 11.3 Å². The highest BCUT2D eigenvalue weighted by Gasteiger charge is 2.27. The van der Waals surface area contributed by atoms with Gasteiger partial charge in [-0.05, 0) is 44.5 Å². The van der Waals surface area contributed by atoms with Gasteiger partial charge in [0.05, 0.1) is 11.7 Å². The van der Waals surface area contributed by atoms with Gasteiger partial charge >= 0.3 is 0 Å². The highest BCUT2D eigenvalue weighted by Crippen LogP contribution is 2.33. The molecule has 1 aromatic carbocycles. The number of thiazole rings is 1. The van der Waals surface area contributed by atoms with Crippen molar-refractivity contribution in [1.82, 2.24) is 14.9 Å². The number of pyridine rings is 1. The molecule has 0 unspecified atom stereocenters. The maximum Gasteiger partial charge on any atom is 0.188 e. The highest BCUT2D eigenvalue weighted by atomic mass is 32.1. The fourth-order valence-electron chi connectivity index (χ4n) is 3.42. The van der Waals surface area contributed by atoms with Crippen LogP contribution in [0.1, 0.15) is 35.0 Å². The molecule has 1 fully saturated rings. The molecule has 134 valence electrons. The second kappa shape index (κ2) is 7.51. The van der Waals surface area contributed by atoms with E-state index in [9.17, 15) is 4.39 Å². The summed E-state index contributed by atoms with van der Waals surface area (Å²) >= 11 is 1.61. The van der Waals surface area contributed by atoms with Crippen molar-refractivity contribution < 1.29 is 4.39 Å². The number of aromatic nitrogens is 2. The molecule has 0 radical (unpaired) electrons. The summed E-state index contributed by atoms with van der Waals surface area (Å²) in [5.74, 6) is 0.662. The molecule has 1 aliphatic heterocycles. The summed E-state index contributed by atoms with van der Waals surface area (Å²) in [6.45, 7) is 3.61. The lowest BCUT2D eigenvalue weighted by Crippen LogP contribution is -2.24. The lowest BCUT2D eigenvalue weighted by molar-refractivity contribution is 0.241. The average molecular weight is 368 g/mol. The largest absolute Gasteiger partial charge is 0.316 e. The topological polar surface area (TPSA) is 41.1 Å². The van der Waals surface area contributed by atoms with E-state index in [1.165, 1.54) is 6.07 Å². The molecule has 6 heteroatoms. The van der Waals surface area contributed by atoms with Gasteiger partial charge in [-0.2, -0.15) is 0 Å². The van der Waals surface area contributed by atoms with Crippen molar-refractivity contribution in [3.05, 3.63) is 70.6 Å². The fourth-order valence-corrected chi connectivity index (χ4v) is 4.10. The second-order valence-corrected chi connectivity index (χ2v) is 7.80. The smallest absolute Gasteiger partial charge is 0.188 e. The van der Waals surface area contributed by atoms with Crippen LogP contribution in [0.15, 0.2) is 48.7 Å². The Hall–Kier alpha value is -2.31. The van der Waals surface area contributed by atoms with E-state index in [-0.39, 0.29) is 11.9 Å². The van der Waals surface area contributed by atoms with E-state index < -0.39 is 0 Å². The van der Waals surface area contributed by atoms with Crippen molar-refractivity contribution in [2.75, 3.05) is 11.9 Å². The van der Waals surface area contributed by atoms with Crippen LogP contribution in [0.4, 0.5) is 15.3 Å². The Morgan fingerprint density at radius 3 is 2.92 bits per heavy atom. The number of likely N-dealkylation sites (tertiary alicyclic amines) is 1. The minimum absolute atomic E-state index is 0.138. The number of halogens is 1. The van der Waals surface area contributed by atoms with Crippen LogP contribution >= 0.6 is 11.3 Å². The molecular weight excluding hydrogens is 347 g/mol. The first-order chi connectivity index (χ1) is 12.7. The van der Waals surface area contributed by atoms with Gasteiger partial charge in [0.2, 0.25) is 0 Å². The molecule has 1 saturated heterocycles. The summed E-state index contributed by atoms with van der Waals surface area (Å²) in [7, 11) is 0. The van der Waals surface area contributed by atoms with Crippen LogP contribution in [0.25, 0.3) is 0 Å². The molecule has 0 amide bonds. The zero-order chi connectivity index (χ0) is 17.9. The Kier molecular flexibility index (Phi) is 4.95. The summed E-state index contributed by atoms with van der Waals surface area (Å²) in [6.07, 6.45) is 4.00. The zero-order valence-electron chi connectivity index (χ0n) is 14.7. The third kappa shape index (κ3) is 3.76. The van der Waals surface area contributed by atoms with Gasteiger partial charge in [-0.3, -0.25) is 4.90 Å². The first kappa shape index (κ1) is 17.1.